The van der Waals surface area contributed by atoms with E-state index in [9.17, 15) is 9.18 Å². The molecule has 3 nitrogen and oxygen atoms in total. The zero-order valence-corrected chi connectivity index (χ0v) is 15.3. The molecule has 6 heteroatoms. The molecule has 1 heterocycles. The number of nitrogens with one attached hydrogen (secondary N) is 1. The van der Waals surface area contributed by atoms with Crippen molar-refractivity contribution in [1.82, 2.24) is 4.98 Å². The van der Waals surface area contributed by atoms with Crippen LogP contribution >= 0.6 is 23.1 Å². The number of benzene rings is 2. The largest absolute Gasteiger partial charge is 0.326 e. The molecule has 0 aliphatic heterocycles. The lowest BCUT2D eigenvalue weighted by atomic mass is 10.2. The van der Waals surface area contributed by atoms with Crippen LogP contribution in [-0.4, -0.2) is 10.9 Å². The molecule has 0 saturated heterocycles. The maximum atomic E-state index is 12.9. The molecule has 0 fully saturated rings. The van der Waals surface area contributed by atoms with Crippen LogP contribution in [0.2, 0.25) is 0 Å². The number of carbonyl (C=O) groups is 1. The Kier molecular flexibility index (Phi) is 5.83. The van der Waals surface area contributed by atoms with Crippen LogP contribution in [0.4, 0.5) is 10.1 Å². The summed E-state index contributed by atoms with van der Waals surface area (Å²) in [5.74, 6) is 0.416. The number of carbonyl (C=O) groups excluding carboxylic acids is 1. The highest BCUT2D eigenvalue weighted by molar-refractivity contribution is 8.00. The zero-order chi connectivity index (χ0) is 17.6. The van der Waals surface area contributed by atoms with Crippen molar-refractivity contribution in [3.8, 4) is 0 Å². The first-order chi connectivity index (χ1) is 12.1. The molecule has 3 rings (SSSR count). The normalized spacial score (nSPS) is 10.6. The molecule has 128 valence electrons. The third-order valence-corrected chi connectivity index (χ3v) is 5.59. The Balaban J connectivity index is 1.52. The van der Waals surface area contributed by atoms with Crippen LogP contribution in [0.1, 0.15) is 16.8 Å². The standard InChI is InChI=1S/C19H17FN2OS2/c1-13-3-2-4-16(9-13)21-18(23)10-17-12-25-19(22-17)24-11-14-5-7-15(20)8-6-14/h2-9,12H,10-11H2,1H3,(H,21,23). The van der Waals surface area contributed by atoms with Gasteiger partial charge in [0.15, 0.2) is 0 Å². The Hall–Kier alpha value is -2.18. The van der Waals surface area contributed by atoms with E-state index in [1.807, 2.05) is 36.6 Å². The predicted molar refractivity (Wildman–Crippen MR) is 102 cm³/mol. The average Bonchev–Trinajstić information content (AvgIpc) is 3.01. The van der Waals surface area contributed by atoms with Gasteiger partial charge in [0.2, 0.25) is 5.91 Å². The lowest BCUT2D eigenvalue weighted by Crippen LogP contribution is -2.14. The van der Waals surface area contributed by atoms with Gasteiger partial charge < -0.3 is 5.32 Å². The first kappa shape index (κ1) is 17.6. The quantitative estimate of drug-likeness (QED) is 0.615. The third kappa shape index (κ3) is 5.41. The van der Waals surface area contributed by atoms with Crippen molar-refractivity contribution in [2.45, 2.75) is 23.4 Å². The van der Waals surface area contributed by atoms with Crippen molar-refractivity contribution in [1.29, 1.82) is 0 Å². The summed E-state index contributed by atoms with van der Waals surface area (Å²) in [6, 6.07) is 14.2. The molecule has 0 aliphatic rings. The van der Waals surface area contributed by atoms with Gasteiger partial charge in [0, 0.05) is 16.8 Å². The molecular formula is C19H17FN2OS2. The molecule has 0 radical (unpaired) electrons. The number of aryl methyl sites for hydroxylation is 1. The molecule has 25 heavy (non-hydrogen) atoms. The summed E-state index contributed by atoms with van der Waals surface area (Å²) in [4.78, 5) is 16.6. The van der Waals surface area contributed by atoms with Gasteiger partial charge in [0.1, 0.15) is 10.2 Å². The van der Waals surface area contributed by atoms with E-state index in [0.29, 0.717) is 0 Å². The summed E-state index contributed by atoms with van der Waals surface area (Å²) in [6.07, 6.45) is 0.252. The second-order valence-corrected chi connectivity index (χ2v) is 7.69. The number of thiazole rings is 1. The van der Waals surface area contributed by atoms with Gasteiger partial charge in [-0.05, 0) is 42.3 Å². The average molecular weight is 372 g/mol. The molecule has 0 unspecified atom stereocenters. The molecule has 1 amide bonds. The van der Waals surface area contributed by atoms with Crippen LogP contribution in [0, 0.1) is 12.7 Å². The second kappa shape index (κ2) is 8.27. The maximum absolute atomic E-state index is 12.9. The van der Waals surface area contributed by atoms with E-state index in [-0.39, 0.29) is 18.1 Å². The molecule has 3 aromatic rings. The van der Waals surface area contributed by atoms with Gasteiger partial charge in [-0.25, -0.2) is 9.37 Å². The topological polar surface area (TPSA) is 42.0 Å². The van der Waals surface area contributed by atoms with Crippen LogP contribution in [0.25, 0.3) is 0 Å². The number of aromatic nitrogens is 1. The van der Waals surface area contributed by atoms with Crippen molar-refractivity contribution in [2.75, 3.05) is 5.32 Å². The third-order valence-electron chi connectivity index (χ3n) is 3.45. The Bertz CT molecular complexity index is 862. The van der Waals surface area contributed by atoms with Crippen molar-refractivity contribution in [3.63, 3.8) is 0 Å². The number of rotatable bonds is 6. The SMILES string of the molecule is Cc1cccc(NC(=O)Cc2csc(SCc3ccc(F)cc3)n2)c1. The number of amides is 1. The van der Waals surface area contributed by atoms with Gasteiger partial charge in [-0.2, -0.15) is 0 Å². The smallest absolute Gasteiger partial charge is 0.230 e. The highest BCUT2D eigenvalue weighted by Crippen LogP contribution is 2.26. The maximum Gasteiger partial charge on any atom is 0.230 e. The first-order valence-corrected chi connectivity index (χ1v) is 9.63. The van der Waals surface area contributed by atoms with Gasteiger partial charge in [0.05, 0.1) is 12.1 Å². The van der Waals surface area contributed by atoms with E-state index in [4.69, 9.17) is 0 Å². The predicted octanol–water partition coefficient (Wildman–Crippen LogP) is 5.06. The Labute approximate surface area is 154 Å². The summed E-state index contributed by atoms with van der Waals surface area (Å²) in [6.45, 7) is 1.99. The van der Waals surface area contributed by atoms with Gasteiger partial charge in [0.25, 0.3) is 0 Å². The summed E-state index contributed by atoms with van der Waals surface area (Å²) in [5.41, 5.74) is 3.70. The fourth-order valence-corrected chi connectivity index (χ4v) is 4.05. The van der Waals surface area contributed by atoms with Crippen LogP contribution in [0.15, 0.2) is 58.3 Å². The number of nitrogens with zero attached hydrogens (tertiary/aromatic N) is 1. The van der Waals surface area contributed by atoms with Crippen LogP contribution in [-0.2, 0) is 17.0 Å². The zero-order valence-electron chi connectivity index (χ0n) is 13.7. The number of halogens is 1. The molecule has 0 aliphatic carbocycles. The minimum Gasteiger partial charge on any atom is -0.326 e. The van der Waals surface area contributed by atoms with Gasteiger partial charge >= 0.3 is 0 Å². The van der Waals surface area contributed by atoms with E-state index in [1.165, 1.54) is 23.5 Å². The number of hydrogen-bond acceptors (Lipinski definition) is 4. The minimum atomic E-state index is -0.232. The number of anilines is 1. The number of hydrogen-bond donors (Lipinski definition) is 1. The Morgan fingerprint density at radius 3 is 2.80 bits per heavy atom. The van der Waals surface area contributed by atoms with Crippen molar-refractivity contribution in [2.24, 2.45) is 0 Å². The molecular weight excluding hydrogens is 355 g/mol. The molecule has 0 spiro atoms. The fourth-order valence-electron chi connectivity index (χ4n) is 2.25. The molecule has 2 aromatic carbocycles. The lowest BCUT2D eigenvalue weighted by molar-refractivity contribution is -0.115. The van der Waals surface area contributed by atoms with Gasteiger partial charge in [-0.3, -0.25) is 4.79 Å². The van der Waals surface area contributed by atoms with E-state index < -0.39 is 0 Å². The lowest BCUT2D eigenvalue weighted by Gasteiger charge is -2.04. The van der Waals surface area contributed by atoms with Crippen molar-refractivity contribution >= 4 is 34.7 Å². The van der Waals surface area contributed by atoms with E-state index in [0.717, 1.165) is 32.6 Å². The Morgan fingerprint density at radius 1 is 1.24 bits per heavy atom. The summed E-state index contributed by atoms with van der Waals surface area (Å²) >= 11 is 3.11. The second-order valence-electron chi connectivity index (χ2n) is 5.61. The van der Waals surface area contributed by atoms with Crippen molar-refractivity contribution < 1.29 is 9.18 Å². The first-order valence-electron chi connectivity index (χ1n) is 7.77. The highest BCUT2D eigenvalue weighted by Gasteiger charge is 2.09. The summed E-state index contributed by atoms with van der Waals surface area (Å²) in [7, 11) is 0. The molecule has 0 saturated carbocycles. The van der Waals surface area contributed by atoms with E-state index in [1.54, 1.807) is 23.9 Å². The Morgan fingerprint density at radius 2 is 2.04 bits per heavy atom. The molecule has 0 bridgehead atoms. The van der Waals surface area contributed by atoms with Gasteiger partial charge in [-0.1, -0.05) is 36.0 Å². The molecule has 1 N–H and O–H groups in total. The van der Waals surface area contributed by atoms with Crippen LogP contribution < -0.4 is 5.32 Å². The minimum absolute atomic E-state index is 0.0778. The van der Waals surface area contributed by atoms with Crippen LogP contribution in [0.5, 0.6) is 0 Å². The van der Waals surface area contributed by atoms with Crippen LogP contribution in [0.3, 0.4) is 0 Å². The van der Waals surface area contributed by atoms with E-state index in [2.05, 4.69) is 10.3 Å². The monoisotopic (exact) mass is 372 g/mol. The highest BCUT2D eigenvalue weighted by atomic mass is 32.2. The molecule has 0 atom stereocenters. The summed E-state index contributed by atoms with van der Waals surface area (Å²) < 4.78 is 13.8. The fraction of sp³-hybridized carbons (Fsp3) is 0.158. The molecule has 1 aromatic heterocycles. The number of thioether (sulfide) groups is 1. The summed E-state index contributed by atoms with van der Waals surface area (Å²) in [5, 5.41) is 4.79. The van der Waals surface area contributed by atoms with Crippen molar-refractivity contribution in [3.05, 3.63) is 76.5 Å². The van der Waals surface area contributed by atoms with Gasteiger partial charge in [-0.15, -0.1) is 11.3 Å². The van der Waals surface area contributed by atoms with E-state index >= 15 is 0 Å².